The zero-order valence-corrected chi connectivity index (χ0v) is 26.3. The molecular formula is C28H33Cl3N6O4S. The molecule has 42 heavy (non-hydrogen) atoms. The lowest BCUT2D eigenvalue weighted by molar-refractivity contribution is 0.0699. The average Bonchev–Trinajstić information content (AvgIpc) is 2.93. The smallest absolute Gasteiger partial charge is 0.336 e. The first-order valence-electron chi connectivity index (χ1n) is 12.8. The van der Waals surface area contributed by atoms with Crippen molar-refractivity contribution in [2.24, 2.45) is 5.92 Å². The summed E-state index contributed by atoms with van der Waals surface area (Å²) in [5.74, 6) is 0.578. The van der Waals surface area contributed by atoms with Crippen molar-refractivity contribution in [1.29, 1.82) is 0 Å². The molecule has 0 amide bonds. The highest BCUT2D eigenvalue weighted by atomic mass is 35.5. The monoisotopic (exact) mass is 654 g/mol. The summed E-state index contributed by atoms with van der Waals surface area (Å²) in [6.07, 6.45) is 4.27. The van der Waals surface area contributed by atoms with E-state index in [4.69, 9.17) is 4.98 Å². The van der Waals surface area contributed by atoms with Gasteiger partial charge in [-0.2, -0.15) is 0 Å². The Morgan fingerprint density at radius 3 is 2.14 bits per heavy atom. The number of carboxylic acid groups (broad SMARTS) is 1. The van der Waals surface area contributed by atoms with Gasteiger partial charge in [0.15, 0.2) is 0 Å². The molecule has 0 spiro atoms. The van der Waals surface area contributed by atoms with Gasteiger partial charge in [-0.1, -0.05) is 26.0 Å². The maximum Gasteiger partial charge on any atom is 0.336 e. The number of benzene rings is 2. The molecule has 1 aliphatic rings. The maximum atomic E-state index is 13.0. The molecule has 2 aromatic carbocycles. The second kappa shape index (κ2) is 14.7. The number of hydrogen-bond acceptors (Lipinski definition) is 8. The van der Waals surface area contributed by atoms with Crippen LogP contribution in [0.2, 0.25) is 0 Å². The third kappa shape index (κ3) is 7.91. The molecule has 3 heterocycles. The Balaban J connectivity index is 0.00000205. The fourth-order valence-corrected chi connectivity index (χ4v) is 5.74. The number of sulfonamides is 1. The van der Waals surface area contributed by atoms with Crippen LogP contribution in [-0.4, -0.2) is 60.6 Å². The van der Waals surface area contributed by atoms with Crippen molar-refractivity contribution < 1.29 is 18.3 Å². The molecule has 1 saturated heterocycles. The van der Waals surface area contributed by atoms with Crippen molar-refractivity contribution in [2.45, 2.75) is 25.2 Å². The minimum absolute atomic E-state index is 0. The summed E-state index contributed by atoms with van der Waals surface area (Å²) in [6.45, 7) is 6.82. The van der Waals surface area contributed by atoms with Gasteiger partial charge in [-0.3, -0.25) is 4.72 Å². The van der Waals surface area contributed by atoms with Crippen LogP contribution in [0.5, 0.6) is 0 Å². The second-order valence-electron chi connectivity index (χ2n) is 9.94. The second-order valence-corrected chi connectivity index (χ2v) is 11.6. The van der Waals surface area contributed by atoms with Crippen LogP contribution < -0.4 is 14.5 Å². The van der Waals surface area contributed by atoms with Crippen LogP contribution >= 0.6 is 37.2 Å². The van der Waals surface area contributed by atoms with E-state index in [0.29, 0.717) is 54.8 Å². The van der Waals surface area contributed by atoms with Crippen LogP contribution in [0.1, 0.15) is 29.8 Å². The number of fused-ring (bicyclic) bond motifs is 1. The first kappa shape index (κ1) is 34.8. The molecule has 2 aromatic heterocycles. The molecule has 5 rings (SSSR count). The van der Waals surface area contributed by atoms with Gasteiger partial charge < -0.3 is 14.9 Å². The Morgan fingerprint density at radius 1 is 0.929 bits per heavy atom. The van der Waals surface area contributed by atoms with Crippen molar-refractivity contribution in [1.82, 2.24) is 15.0 Å². The van der Waals surface area contributed by atoms with Gasteiger partial charge >= 0.3 is 5.97 Å². The summed E-state index contributed by atoms with van der Waals surface area (Å²) in [5.41, 5.74) is 1.86. The quantitative estimate of drug-likeness (QED) is 0.259. The van der Waals surface area contributed by atoms with Crippen LogP contribution in [0.15, 0.2) is 71.9 Å². The Kier molecular flexibility index (Phi) is 12.2. The fourth-order valence-electron chi connectivity index (χ4n) is 4.69. The number of rotatable bonds is 8. The van der Waals surface area contributed by atoms with E-state index in [2.05, 4.69) is 33.4 Å². The lowest BCUT2D eigenvalue weighted by Crippen LogP contribution is -2.47. The Bertz CT molecular complexity index is 1600. The van der Waals surface area contributed by atoms with Gasteiger partial charge in [0, 0.05) is 49.6 Å². The normalized spacial score (nSPS) is 13.1. The SMILES string of the molecule is CC(C)Cc1ccc(S(=O)(=O)Nc2ccc3nc(N4CCN(c5ncccn5)CC4)cc(C(=O)O)c3c2)cc1.Cl.Cl.Cl. The van der Waals surface area contributed by atoms with Crippen molar-refractivity contribution in [2.75, 3.05) is 40.7 Å². The minimum Gasteiger partial charge on any atom is -0.478 e. The van der Waals surface area contributed by atoms with E-state index in [1.807, 2.05) is 17.0 Å². The summed E-state index contributed by atoms with van der Waals surface area (Å²) < 4.78 is 28.6. The molecular weight excluding hydrogens is 623 g/mol. The molecule has 2 N–H and O–H groups in total. The summed E-state index contributed by atoms with van der Waals surface area (Å²) >= 11 is 0. The predicted molar refractivity (Wildman–Crippen MR) is 173 cm³/mol. The molecule has 1 aliphatic heterocycles. The molecule has 0 aliphatic carbocycles. The number of nitrogens with zero attached hydrogens (tertiary/aromatic N) is 5. The van der Waals surface area contributed by atoms with E-state index in [-0.39, 0.29) is 53.4 Å². The van der Waals surface area contributed by atoms with Gasteiger partial charge in [-0.05, 0) is 60.4 Å². The van der Waals surface area contributed by atoms with Gasteiger partial charge in [0.05, 0.1) is 16.0 Å². The summed E-state index contributed by atoms with van der Waals surface area (Å²) in [7, 11) is -3.85. The Labute approximate surface area is 263 Å². The average molecular weight is 656 g/mol. The number of carboxylic acids is 1. The van der Waals surface area contributed by atoms with Gasteiger partial charge in [0.2, 0.25) is 5.95 Å². The van der Waals surface area contributed by atoms with Gasteiger partial charge in [-0.15, -0.1) is 37.2 Å². The summed E-state index contributed by atoms with van der Waals surface area (Å²) in [4.78, 5) is 29.8. The predicted octanol–water partition coefficient (Wildman–Crippen LogP) is 5.31. The number of nitrogens with one attached hydrogen (secondary N) is 1. The highest BCUT2D eigenvalue weighted by Crippen LogP contribution is 2.28. The van der Waals surface area contributed by atoms with Crippen molar-refractivity contribution in [3.8, 4) is 0 Å². The number of aromatic nitrogens is 3. The lowest BCUT2D eigenvalue weighted by Gasteiger charge is -2.35. The first-order chi connectivity index (χ1) is 18.7. The van der Waals surface area contributed by atoms with Crippen LogP contribution in [0.3, 0.4) is 0 Å². The fraction of sp³-hybridized carbons (Fsp3) is 0.286. The summed E-state index contributed by atoms with van der Waals surface area (Å²) in [5, 5.41) is 10.3. The van der Waals surface area contributed by atoms with Crippen LogP contribution in [0.4, 0.5) is 17.5 Å². The highest BCUT2D eigenvalue weighted by Gasteiger charge is 2.23. The Morgan fingerprint density at radius 2 is 1.55 bits per heavy atom. The van der Waals surface area contributed by atoms with E-state index in [1.54, 1.807) is 48.8 Å². The number of anilines is 3. The number of halogens is 3. The molecule has 14 heteroatoms. The van der Waals surface area contributed by atoms with Crippen LogP contribution in [0, 0.1) is 5.92 Å². The largest absolute Gasteiger partial charge is 0.478 e. The Hall–Kier alpha value is -3.38. The zero-order valence-electron chi connectivity index (χ0n) is 23.0. The van der Waals surface area contributed by atoms with Crippen molar-refractivity contribution in [3.05, 3.63) is 78.1 Å². The molecule has 0 radical (unpaired) electrons. The number of piperazine rings is 1. The molecule has 1 fully saturated rings. The van der Waals surface area contributed by atoms with E-state index >= 15 is 0 Å². The van der Waals surface area contributed by atoms with Gasteiger partial charge in [0.25, 0.3) is 10.0 Å². The molecule has 0 saturated carbocycles. The number of hydrogen-bond donors (Lipinski definition) is 2. The lowest BCUT2D eigenvalue weighted by atomic mass is 10.0. The molecule has 0 atom stereocenters. The van der Waals surface area contributed by atoms with Crippen molar-refractivity contribution >= 4 is 81.6 Å². The first-order valence-corrected chi connectivity index (χ1v) is 14.2. The van der Waals surface area contributed by atoms with E-state index < -0.39 is 16.0 Å². The summed E-state index contributed by atoms with van der Waals surface area (Å²) in [6, 6.07) is 14.9. The topological polar surface area (TPSA) is 129 Å². The highest BCUT2D eigenvalue weighted by molar-refractivity contribution is 7.92. The zero-order chi connectivity index (χ0) is 27.6. The van der Waals surface area contributed by atoms with Crippen molar-refractivity contribution in [3.63, 3.8) is 0 Å². The molecule has 226 valence electrons. The number of pyridine rings is 1. The third-order valence-corrected chi connectivity index (χ3v) is 7.99. The maximum absolute atomic E-state index is 13.0. The molecule has 0 bridgehead atoms. The standard InChI is InChI=1S/C28H30N6O4S.3ClH/c1-19(2)16-20-4-7-22(8-5-20)39(37,38)32-21-6-9-25-23(17-21)24(27(35)36)18-26(31-25)33-12-14-34(15-13-33)28-29-10-3-11-30-28;;;/h3-11,17-19,32H,12-16H2,1-2H3,(H,35,36);3*1H. The van der Waals surface area contributed by atoms with E-state index in [1.165, 1.54) is 6.07 Å². The van der Waals surface area contributed by atoms with Gasteiger partial charge in [0.1, 0.15) is 5.82 Å². The molecule has 4 aromatic rings. The van der Waals surface area contributed by atoms with Gasteiger partial charge in [-0.25, -0.2) is 28.2 Å². The molecule has 0 unspecified atom stereocenters. The van der Waals surface area contributed by atoms with Crippen LogP contribution in [-0.2, 0) is 16.4 Å². The molecule has 10 nitrogen and oxygen atoms in total. The third-order valence-electron chi connectivity index (χ3n) is 6.59. The van der Waals surface area contributed by atoms with E-state index in [9.17, 15) is 18.3 Å². The number of aromatic carboxylic acids is 1. The number of carbonyl (C=O) groups is 1. The van der Waals surface area contributed by atoms with E-state index in [0.717, 1.165) is 12.0 Å². The van der Waals surface area contributed by atoms with Crippen LogP contribution in [0.25, 0.3) is 10.9 Å². The minimum atomic E-state index is -3.85.